The lowest BCUT2D eigenvalue weighted by Gasteiger charge is -2.32. The molecule has 0 spiro atoms. The molecule has 8 nitrogen and oxygen atoms in total. The Hall–Kier alpha value is -3.20. The van der Waals surface area contributed by atoms with Gasteiger partial charge in [0, 0.05) is 39.0 Å². The van der Waals surface area contributed by atoms with E-state index in [0.717, 1.165) is 12.8 Å². The molecule has 9 heteroatoms. The molecule has 4 rings (SSSR count). The third-order valence-electron chi connectivity index (χ3n) is 5.42. The van der Waals surface area contributed by atoms with Crippen molar-refractivity contribution >= 4 is 11.8 Å². The topological polar surface area (TPSA) is 101 Å². The normalized spacial score (nSPS) is 18.4. The number of carbonyl (C=O) groups excluding carboxylic acids is 2. The number of fused-ring (bicyclic) bond motifs is 1. The van der Waals surface area contributed by atoms with Crippen LogP contribution >= 0.6 is 0 Å². The molecule has 0 saturated carbocycles. The lowest BCUT2D eigenvalue weighted by Crippen LogP contribution is -2.45. The number of aromatic nitrogens is 1. The molecule has 3 heterocycles. The quantitative estimate of drug-likeness (QED) is 0.766. The van der Waals surface area contributed by atoms with Gasteiger partial charge in [-0.15, -0.1) is 0 Å². The van der Waals surface area contributed by atoms with E-state index < -0.39 is 23.0 Å². The van der Waals surface area contributed by atoms with Gasteiger partial charge in [0.1, 0.15) is 11.4 Å². The third kappa shape index (κ3) is 3.93. The van der Waals surface area contributed by atoms with Crippen LogP contribution in [-0.4, -0.2) is 52.2 Å². The second kappa shape index (κ2) is 8.27. The molecule has 1 fully saturated rings. The fourth-order valence-electron chi connectivity index (χ4n) is 3.78. The summed E-state index contributed by atoms with van der Waals surface area (Å²) in [6.45, 7) is 1.91. The van der Waals surface area contributed by atoms with E-state index in [2.05, 4.69) is 5.32 Å². The van der Waals surface area contributed by atoms with Gasteiger partial charge in [-0.25, -0.2) is 4.39 Å². The van der Waals surface area contributed by atoms with E-state index in [-0.39, 0.29) is 29.7 Å². The number of benzene rings is 1. The highest BCUT2D eigenvalue weighted by Crippen LogP contribution is 2.22. The zero-order valence-electron chi connectivity index (χ0n) is 16.3. The minimum atomic E-state index is -0.898. The Morgan fingerprint density at radius 1 is 1.23 bits per heavy atom. The highest BCUT2D eigenvalue weighted by Gasteiger charge is 2.32. The van der Waals surface area contributed by atoms with Crippen molar-refractivity contribution in [2.24, 2.45) is 0 Å². The maximum atomic E-state index is 13.0. The fourth-order valence-corrected chi connectivity index (χ4v) is 3.78. The van der Waals surface area contributed by atoms with Crippen LogP contribution in [0.1, 0.15) is 39.3 Å². The molecule has 1 atom stereocenters. The molecule has 0 bridgehead atoms. The first-order chi connectivity index (χ1) is 14.4. The molecule has 2 amide bonds. The molecule has 1 saturated heterocycles. The van der Waals surface area contributed by atoms with Gasteiger partial charge in [-0.05, 0) is 30.5 Å². The van der Waals surface area contributed by atoms with Gasteiger partial charge in [-0.2, -0.15) is 0 Å². The highest BCUT2D eigenvalue weighted by molar-refractivity contribution is 5.99. The molecule has 2 aliphatic rings. The van der Waals surface area contributed by atoms with Gasteiger partial charge in [-0.3, -0.25) is 14.4 Å². The minimum absolute atomic E-state index is 0.0362. The number of halogens is 1. The van der Waals surface area contributed by atoms with Crippen molar-refractivity contribution in [3.63, 3.8) is 0 Å². The van der Waals surface area contributed by atoms with E-state index in [1.807, 2.05) is 0 Å². The Morgan fingerprint density at radius 2 is 2.00 bits per heavy atom. The van der Waals surface area contributed by atoms with Crippen LogP contribution < -0.4 is 10.7 Å². The molecule has 1 aromatic heterocycles. The predicted octanol–water partition coefficient (Wildman–Crippen LogP) is 1.26. The maximum Gasteiger partial charge on any atom is 0.274 e. The first-order valence-electron chi connectivity index (χ1n) is 9.84. The van der Waals surface area contributed by atoms with Crippen molar-refractivity contribution in [2.75, 3.05) is 19.7 Å². The molecule has 30 heavy (non-hydrogen) atoms. The van der Waals surface area contributed by atoms with Crippen LogP contribution in [0.2, 0.25) is 0 Å². The van der Waals surface area contributed by atoms with Gasteiger partial charge < -0.3 is 24.6 Å². The van der Waals surface area contributed by atoms with Crippen molar-refractivity contribution in [1.82, 2.24) is 14.8 Å². The number of ether oxygens (including phenoxy) is 1. The second-order valence-electron chi connectivity index (χ2n) is 7.46. The van der Waals surface area contributed by atoms with Crippen molar-refractivity contribution < 1.29 is 23.8 Å². The number of hydrogen-bond donors (Lipinski definition) is 2. The lowest BCUT2D eigenvalue weighted by atomic mass is 10.1. The van der Waals surface area contributed by atoms with Crippen molar-refractivity contribution in [3.8, 4) is 5.75 Å². The highest BCUT2D eigenvalue weighted by atomic mass is 19.1. The van der Waals surface area contributed by atoms with Crippen molar-refractivity contribution in [3.05, 3.63) is 63.3 Å². The smallest absolute Gasteiger partial charge is 0.274 e. The first-order valence-corrected chi connectivity index (χ1v) is 9.84. The maximum absolute atomic E-state index is 13.0. The average Bonchev–Trinajstić information content (AvgIpc) is 3.25. The number of pyridine rings is 1. The number of hydrogen-bond acceptors (Lipinski definition) is 5. The van der Waals surface area contributed by atoms with E-state index in [4.69, 9.17) is 4.74 Å². The molecule has 2 aliphatic heterocycles. The van der Waals surface area contributed by atoms with Crippen LogP contribution in [0, 0.1) is 5.82 Å². The molecule has 1 unspecified atom stereocenters. The van der Waals surface area contributed by atoms with Crippen LogP contribution in [0.15, 0.2) is 35.3 Å². The summed E-state index contributed by atoms with van der Waals surface area (Å²) in [6, 6.07) is 5.59. The molecule has 2 N–H and O–H groups in total. The van der Waals surface area contributed by atoms with Gasteiger partial charge in [0.05, 0.1) is 6.10 Å². The standard InChI is InChI=1S/C21H22FN3O5/c22-14-5-3-13(4-6-14)10-23-20(28)16-12-24-7-8-25(11-15-2-1-9-30-15)21(29)17(24)19(27)18(16)26/h3-6,12,15,27H,1-2,7-11H2,(H,23,28). The van der Waals surface area contributed by atoms with Crippen LogP contribution in [0.4, 0.5) is 4.39 Å². The molecule has 1 aromatic carbocycles. The monoisotopic (exact) mass is 415 g/mol. The predicted molar refractivity (Wildman–Crippen MR) is 105 cm³/mol. The minimum Gasteiger partial charge on any atom is -0.503 e. The lowest BCUT2D eigenvalue weighted by molar-refractivity contribution is 0.0468. The van der Waals surface area contributed by atoms with Gasteiger partial charge in [0.25, 0.3) is 11.8 Å². The summed E-state index contributed by atoms with van der Waals surface area (Å²) in [7, 11) is 0. The number of aromatic hydroxyl groups is 1. The van der Waals surface area contributed by atoms with Gasteiger partial charge in [0.2, 0.25) is 5.43 Å². The molecule has 2 aromatic rings. The molecule has 0 radical (unpaired) electrons. The zero-order chi connectivity index (χ0) is 21.3. The molecular weight excluding hydrogens is 393 g/mol. The summed E-state index contributed by atoms with van der Waals surface area (Å²) >= 11 is 0. The van der Waals surface area contributed by atoms with Gasteiger partial charge >= 0.3 is 0 Å². The summed E-state index contributed by atoms with van der Waals surface area (Å²) < 4.78 is 20.0. The van der Waals surface area contributed by atoms with Gasteiger partial charge in [-0.1, -0.05) is 12.1 Å². The SMILES string of the molecule is O=C(NCc1ccc(F)cc1)c1cn2c(c(O)c1=O)C(=O)N(CC1CCCO1)CC2. The van der Waals surface area contributed by atoms with Gasteiger partial charge in [0.15, 0.2) is 11.4 Å². The van der Waals surface area contributed by atoms with Crippen LogP contribution in [0.3, 0.4) is 0 Å². The summed E-state index contributed by atoms with van der Waals surface area (Å²) in [6.07, 6.45) is 3.09. The van der Waals surface area contributed by atoms with E-state index in [0.29, 0.717) is 31.8 Å². The summed E-state index contributed by atoms with van der Waals surface area (Å²) in [5.74, 6) is -2.25. The van der Waals surface area contributed by atoms with Crippen LogP contribution in [-0.2, 0) is 17.8 Å². The average molecular weight is 415 g/mol. The summed E-state index contributed by atoms with van der Waals surface area (Å²) in [4.78, 5) is 39.4. The number of rotatable bonds is 5. The summed E-state index contributed by atoms with van der Waals surface area (Å²) in [5, 5.41) is 13.0. The Bertz CT molecular complexity index is 1030. The first kappa shape index (κ1) is 20.1. The number of nitrogens with one attached hydrogen (secondary N) is 1. The largest absolute Gasteiger partial charge is 0.503 e. The fraction of sp³-hybridized carbons (Fsp3) is 0.381. The van der Waals surface area contributed by atoms with Crippen molar-refractivity contribution in [2.45, 2.75) is 32.0 Å². The van der Waals surface area contributed by atoms with E-state index >= 15 is 0 Å². The Balaban J connectivity index is 1.52. The Labute approximate surface area is 171 Å². The van der Waals surface area contributed by atoms with E-state index in [9.17, 15) is 23.9 Å². The Kier molecular flexibility index (Phi) is 5.54. The van der Waals surface area contributed by atoms with E-state index in [1.165, 1.54) is 35.0 Å². The second-order valence-corrected chi connectivity index (χ2v) is 7.46. The van der Waals surface area contributed by atoms with E-state index in [1.54, 1.807) is 4.90 Å². The molecular formula is C21H22FN3O5. The Morgan fingerprint density at radius 3 is 2.70 bits per heavy atom. The molecule has 158 valence electrons. The zero-order valence-corrected chi connectivity index (χ0v) is 16.3. The van der Waals surface area contributed by atoms with Crippen LogP contribution in [0.25, 0.3) is 0 Å². The molecule has 0 aliphatic carbocycles. The van der Waals surface area contributed by atoms with Crippen LogP contribution in [0.5, 0.6) is 5.75 Å². The number of nitrogens with zero attached hydrogens (tertiary/aromatic N) is 2. The van der Waals surface area contributed by atoms with Crippen molar-refractivity contribution in [1.29, 1.82) is 0 Å². The number of amides is 2. The third-order valence-corrected chi connectivity index (χ3v) is 5.42. The number of carbonyl (C=O) groups is 2. The summed E-state index contributed by atoms with van der Waals surface area (Å²) in [5.41, 5.74) is -0.602.